The van der Waals surface area contributed by atoms with Gasteiger partial charge in [-0.1, -0.05) is 23.8 Å². The Labute approximate surface area is 162 Å². The highest BCUT2D eigenvalue weighted by Gasteiger charge is 2.34. The van der Waals surface area contributed by atoms with E-state index in [2.05, 4.69) is 40.2 Å². The molecule has 0 radical (unpaired) electrons. The van der Waals surface area contributed by atoms with Crippen LogP contribution in [0.1, 0.15) is 26.6 Å². The molecule has 0 aliphatic carbocycles. The van der Waals surface area contributed by atoms with Gasteiger partial charge in [0.25, 0.3) is 0 Å². The Kier molecular flexibility index (Phi) is 4.66. The summed E-state index contributed by atoms with van der Waals surface area (Å²) in [7, 11) is 0. The molecule has 146 valence electrons. The van der Waals surface area contributed by atoms with Crippen molar-refractivity contribution in [3.8, 4) is 0 Å². The van der Waals surface area contributed by atoms with Crippen LogP contribution >= 0.6 is 11.3 Å². The first-order valence-electron chi connectivity index (χ1n) is 8.59. The Morgan fingerprint density at radius 2 is 2.04 bits per heavy atom. The fourth-order valence-electron chi connectivity index (χ4n) is 3.15. The quantitative estimate of drug-likeness (QED) is 0.668. The lowest BCUT2D eigenvalue weighted by Crippen LogP contribution is -2.34. The number of rotatable bonds is 3. The maximum absolute atomic E-state index is 12.7. The molecule has 0 atom stereocenters. The molecule has 0 saturated heterocycles. The molecule has 1 aliphatic rings. The number of halogens is 3. The third kappa shape index (κ3) is 3.77. The Morgan fingerprint density at radius 1 is 1.21 bits per heavy atom. The van der Waals surface area contributed by atoms with Crippen molar-refractivity contribution in [2.24, 2.45) is 0 Å². The zero-order valence-electron chi connectivity index (χ0n) is 14.9. The molecule has 4 rings (SSSR count). The van der Waals surface area contributed by atoms with E-state index < -0.39 is 16.9 Å². The van der Waals surface area contributed by atoms with Crippen molar-refractivity contribution in [2.75, 3.05) is 11.4 Å². The zero-order valence-corrected chi connectivity index (χ0v) is 15.7. The van der Waals surface area contributed by atoms with Crippen LogP contribution in [0.4, 0.5) is 19.0 Å². The number of thiazole rings is 1. The molecule has 0 unspecified atom stereocenters. The topological polar surface area (TPSA) is 63.9 Å². The van der Waals surface area contributed by atoms with E-state index in [0.717, 1.165) is 23.8 Å². The number of aromatic nitrogens is 4. The minimum atomic E-state index is -4.49. The van der Waals surface area contributed by atoms with E-state index in [1.54, 1.807) is 0 Å². The largest absolute Gasteiger partial charge is 0.443 e. The maximum Gasteiger partial charge on any atom is 0.443 e. The molecule has 0 N–H and O–H groups in total. The second-order valence-electron chi connectivity index (χ2n) is 6.63. The van der Waals surface area contributed by atoms with Gasteiger partial charge in [-0.05, 0) is 24.5 Å². The van der Waals surface area contributed by atoms with Crippen LogP contribution in [0.2, 0.25) is 0 Å². The second-order valence-corrected chi connectivity index (χ2v) is 7.74. The predicted molar refractivity (Wildman–Crippen MR) is 98.4 cm³/mol. The summed E-state index contributed by atoms with van der Waals surface area (Å²) in [6.07, 6.45) is -1.05. The molecule has 0 saturated carbocycles. The SMILES string of the molecule is Cc1ccc2c(c1)CCN(c1cnn(Cc3cnc(C(F)(F)F)s3)c(=O)n1)C2. The minimum Gasteiger partial charge on any atom is -0.350 e. The average Bonchev–Trinajstić information content (AvgIpc) is 3.12. The lowest BCUT2D eigenvalue weighted by molar-refractivity contribution is -0.137. The van der Waals surface area contributed by atoms with Crippen molar-refractivity contribution < 1.29 is 13.2 Å². The van der Waals surface area contributed by atoms with Crippen LogP contribution < -0.4 is 10.6 Å². The van der Waals surface area contributed by atoms with Gasteiger partial charge in [-0.15, -0.1) is 11.3 Å². The van der Waals surface area contributed by atoms with Crippen LogP contribution in [-0.4, -0.2) is 26.3 Å². The Hall–Kier alpha value is -2.75. The highest BCUT2D eigenvalue weighted by atomic mass is 32.1. The van der Waals surface area contributed by atoms with Crippen LogP contribution in [0.15, 0.2) is 35.4 Å². The summed E-state index contributed by atoms with van der Waals surface area (Å²) in [5.74, 6) is 0.466. The van der Waals surface area contributed by atoms with Crippen LogP contribution in [0.25, 0.3) is 0 Å². The minimum absolute atomic E-state index is 0.0953. The highest BCUT2D eigenvalue weighted by Crippen LogP contribution is 2.32. The first-order chi connectivity index (χ1) is 13.3. The first kappa shape index (κ1) is 18.6. The van der Waals surface area contributed by atoms with Gasteiger partial charge < -0.3 is 4.90 Å². The lowest BCUT2D eigenvalue weighted by atomic mass is 9.98. The summed E-state index contributed by atoms with van der Waals surface area (Å²) in [5.41, 5.74) is 3.09. The van der Waals surface area contributed by atoms with Crippen LogP contribution in [0.5, 0.6) is 0 Å². The molecule has 0 fully saturated rings. The highest BCUT2D eigenvalue weighted by molar-refractivity contribution is 7.11. The van der Waals surface area contributed by atoms with Gasteiger partial charge >= 0.3 is 11.9 Å². The number of anilines is 1. The van der Waals surface area contributed by atoms with E-state index in [0.29, 0.717) is 28.6 Å². The predicted octanol–water partition coefficient (Wildman–Crippen LogP) is 3.03. The van der Waals surface area contributed by atoms with E-state index in [4.69, 9.17) is 0 Å². The molecule has 3 aromatic rings. The lowest BCUT2D eigenvalue weighted by Gasteiger charge is -2.29. The number of hydrogen-bond donors (Lipinski definition) is 0. The second kappa shape index (κ2) is 7.01. The molecule has 28 heavy (non-hydrogen) atoms. The molecule has 10 heteroatoms. The molecule has 2 aromatic heterocycles. The third-order valence-corrected chi connectivity index (χ3v) is 5.57. The van der Waals surface area contributed by atoms with Crippen molar-refractivity contribution in [1.29, 1.82) is 0 Å². The van der Waals surface area contributed by atoms with Crippen molar-refractivity contribution in [2.45, 2.75) is 32.6 Å². The summed E-state index contributed by atoms with van der Waals surface area (Å²) in [6, 6.07) is 6.30. The van der Waals surface area contributed by atoms with Gasteiger partial charge in [-0.2, -0.15) is 23.3 Å². The average molecular weight is 407 g/mol. The molecule has 0 amide bonds. The van der Waals surface area contributed by atoms with Crippen molar-refractivity contribution in [1.82, 2.24) is 19.7 Å². The summed E-state index contributed by atoms with van der Waals surface area (Å²) >= 11 is 0.495. The van der Waals surface area contributed by atoms with Crippen molar-refractivity contribution >= 4 is 17.2 Å². The summed E-state index contributed by atoms with van der Waals surface area (Å²) < 4.78 is 39.0. The number of fused-ring (bicyclic) bond motifs is 1. The molecule has 6 nitrogen and oxygen atoms in total. The third-order valence-electron chi connectivity index (χ3n) is 4.54. The van der Waals surface area contributed by atoms with E-state index in [-0.39, 0.29) is 6.54 Å². The van der Waals surface area contributed by atoms with E-state index in [1.165, 1.54) is 22.9 Å². The normalized spacial score (nSPS) is 14.2. The Bertz CT molecular complexity index is 1080. The zero-order chi connectivity index (χ0) is 19.9. The molecule has 1 aromatic carbocycles. The fraction of sp³-hybridized carbons (Fsp3) is 0.333. The first-order valence-corrected chi connectivity index (χ1v) is 9.40. The van der Waals surface area contributed by atoms with Gasteiger partial charge in [-0.25, -0.2) is 14.5 Å². The molecule has 1 aliphatic heterocycles. The van der Waals surface area contributed by atoms with E-state index in [9.17, 15) is 18.0 Å². The molecular weight excluding hydrogens is 391 g/mol. The van der Waals surface area contributed by atoms with E-state index >= 15 is 0 Å². The van der Waals surface area contributed by atoms with Crippen LogP contribution in [-0.2, 0) is 25.7 Å². The van der Waals surface area contributed by atoms with Gasteiger partial charge in [0, 0.05) is 24.2 Å². The van der Waals surface area contributed by atoms with Gasteiger partial charge in [-0.3, -0.25) is 0 Å². The van der Waals surface area contributed by atoms with Gasteiger partial charge in [0.05, 0.1) is 12.7 Å². The summed E-state index contributed by atoms with van der Waals surface area (Å²) in [4.78, 5) is 22.0. The molecule has 3 heterocycles. The van der Waals surface area contributed by atoms with Gasteiger partial charge in [0.1, 0.15) is 0 Å². The standard InChI is InChI=1S/C18H16F3N5OS/c1-11-2-3-13-9-25(5-4-12(13)6-11)15-8-23-26(17(27)24-15)10-14-7-22-16(28-14)18(19,20)21/h2-3,6-8H,4-5,9-10H2,1H3. The van der Waals surface area contributed by atoms with E-state index in [1.807, 2.05) is 4.90 Å². The fourth-order valence-corrected chi connectivity index (χ4v) is 3.91. The smallest absolute Gasteiger partial charge is 0.350 e. The van der Waals surface area contributed by atoms with Gasteiger partial charge in [0.2, 0.25) is 0 Å². The van der Waals surface area contributed by atoms with Crippen molar-refractivity contribution in [3.63, 3.8) is 0 Å². The summed E-state index contributed by atoms with van der Waals surface area (Å²) in [5, 5.41) is 3.15. The van der Waals surface area contributed by atoms with Crippen LogP contribution in [0, 0.1) is 6.92 Å². The van der Waals surface area contributed by atoms with Crippen molar-refractivity contribution in [3.05, 3.63) is 67.7 Å². The number of hydrogen-bond acceptors (Lipinski definition) is 6. The number of nitrogens with zero attached hydrogens (tertiary/aromatic N) is 5. The molecular formula is C18H16F3N5OS. The number of aryl methyl sites for hydroxylation is 1. The Balaban J connectivity index is 1.51. The van der Waals surface area contributed by atoms with Crippen LogP contribution in [0.3, 0.4) is 0 Å². The van der Waals surface area contributed by atoms with Gasteiger partial charge in [0.15, 0.2) is 10.8 Å². The molecule has 0 bridgehead atoms. The summed E-state index contributed by atoms with van der Waals surface area (Å²) in [6.45, 7) is 3.32. The number of benzene rings is 1. The Morgan fingerprint density at radius 3 is 2.75 bits per heavy atom. The number of alkyl halides is 3. The maximum atomic E-state index is 12.7. The monoisotopic (exact) mass is 407 g/mol. The molecule has 0 spiro atoms.